The number of rotatable bonds is 3. The van der Waals surface area contributed by atoms with E-state index in [9.17, 15) is 9.18 Å². The number of hydrogen-bond acceptors (Lipinski definition) is 4. The molecule has 0 aliphatic rings. The number of nitrogen functional groups attached to an aromatic ring is 1. The molecule has 0 aromatic heterocycles. The molecular weight excluding hydrogens is 327 g/mol. The molecule has 3 N–H and O–H groups in total. The Morgan fingerprint density at radius 2 is 2.05 bits per heavy atom. The van der Waals surface area contributed by atoms with Crippen LogP contribution in [0.5, 0.6) is 0 Å². The van der Waals surface area contributed by atoms with Crippen molar-refractivity contribution in [2.45, 2.75) is 0 Å². The van der Waals surface area contributed by atoms with Gasteiger partial charge in [0.05, 0.1) is 28.5 Å². The number of nitrogens with one attached hydrogen (secondary N) is 1. The van der Waals surface area contributed by atoms with Crippen LogP contribution >= 0.6 is 15.9 Å². The van der Waals surface area contributed by atoms with E-state index in [4.69, 9.17) is 5.73 Å². The van der Waals surface area contributed by atoms with Crippen LogP contribution in [0.4, 0.5) is 21.5 Å². The van der Waals surface area contributed by atoms with E-state index < -0.39 is 5.97 Å². The second kappa shape index (κ2) is 5.92. The number of nitrogens with two attached hydrogens (primary N) is 1. The highest BCUT2D eigenvalue weighted by Gasteiger charge is 2.09. The van der Waals surface area contributed by atoms with Crippen LogP contribution in [0.3, 0.4) is 0 Å². The summed E-state index contributed by atoms with van der Waals surface area (Å²) in [5, 5.41) is 3.03. The first-order valence-corrected chi connectivity index (χ1v) is 6.50. The molecular formula is C14H12BrFN2O2. The Hall–Kier alpha value is -2.08. The van der Waals surface area contributed by atoms with Crippen molar-refractivity contribution in [1.82, 2.24) is 0 Å². The monoisotopic (exact) mass is 338 g/mol. The lowest BCUT2D eigenvalue weighted by Gasteiger charge is -2.11. The van der Waals surface area contributed by atoms with Gasteiger partial charge >= 0.3 is 5.97 Å². The van der Waals surface area contributed by atoms with Gasteiger partial charge in [0.2, 0.25) is 0 Å². The molecule has 0 aliphatic heterocycles. The van der Waals surface area contributed by atoms with Gasteiger partial charge < -0.3 is 15.8 Å². The summed E-state index contributed by atoms with van der Waals surface area (Å²) < 4.78 is 18.2. The van der Waals surface area contributed by atoms with Gasteiger partial charge in [-0.2, -0.15) is 0 Å². The van der Waals surface area contributed by atoms with E-state index in [1.807, 2.05) is 0 Å². The van der Waals surface area contributed by atoms with Gasteiger partial charge in [-0.25, -0.2) is 9.18 Å². The van der Waals surface area contributed by atoms with Crippen molar-refractivity contribution >= 4 is 39.0 Å². The molecule has 0 saturated carbocycles. The molecule has 0 bridgehead atoms. The van der Waals surface area contributed by atoms with Gasteiger partial charge in [0.15, 0.2) is 0 Å². The molecule has 20 heavy (non-hydrogen) atoms. The highest BCUT2D eigenvalue weighted by molar-refractivity contribution is 9.10. The molecule has 0 unspecified atom stereocenters. The Labute approximate surface area is 123 Å². The quantitative estimate of drug-likeness (QED) is 0.661. The lowest BCUT2D eigenvalue weighted by molar-refractivity contribution is 0.0601. The summed E-state index contributed by atoms with van der Waals surface area (Å²) in [7, 11) is 1.31. The van der Waals surface area contributed by atoms with E-state index in [2.05, 4.69) is 26.0 Å². The van der Waals surface area contributed by atoms with Gasteiger partial charge in [0.25, 0.3) is 0 Å². The first-order valence-electron chi connectivity index (χ1n) is 5.71. The van der Waals surface area contributed by atoms with Crippen LogP contribution in [-0.2, 0) is 4.74 Å². The number of anilines is 3. The van der Waals surface area contributed by atoms with Crippen LogP contribution in [0.25, 0.3) is 0 Å². The van der Waals surface area contributed by atoms with Crippen molar-refractivity contribution in [3.63, 3.8) is 0 Å². The standard InChI is InChI=1S/C14H12BrFN2O2/c1-20-14(19)8-2-5-12(17)13(6-8)18-9-3-4-11(16)10(15)7-9/h2-7,18H,17H2,1H3. The van der Waals surface area contributed by atoms with Crippen LogP contribution in [0.2, 0.25) is 0 Å². The third-order valence-electron chi connectivity index (χ3n) is 2.67. The van der Waals surface area contributed by atoms with E-state index in [-0.39, 0.29) is 5.82 Å². The van der Waals surface area contributed by atoms with Crippen LogP contribution in [-0.4, -0.2) is 13.1 Å². The number of ether oxygens (including phenoxy) is 1. The Kier molecular flexibility index (Phi) is 4.24. The molecule has 2 rings (SSSR count). The van der Waals surface area contributed by atoms with Crippen molar-refractivity contribution < 1.29 is 13.9 Å². The molecule has 0 spiro atoms. The molecule has 4 nitrogen and oxygen atoms in total. The maximum Gasteiger partial charge on any atom is 0.337 e. The van der Waals surface area contributed by atoms with Gasteiger partial charge in [-0.3, -0.25) is 0 Å². The number of methoxy groups -OCH3 is 1. The number of carbonyl (C=O) groups excluding carboxylic acids is 1. The van der Waals surface area contributed by atoms with Crippen LogP contribution in [0.1, 0.15) is 10.4 Å². The topological polar surface area (TPSA) is 64.3 Å². The van der Waals surface area contributed by atoms with Crippen molar-refractivity contribution in [1.29, 1.82) is 0 Å². The first kappa shape index (κ1) is 14.3. The highest BCUT2D eigenvalue weighted by atomic mass is 79.9. The van der Waals surface area contributed by atoms with Gasteiger partial charge in [0.1, 0.15) is 5.82 Å². The molecule has 0 amide bonds. The van der Waals surface area contributed by atoms with Gasteiger partial charge in [-0.15, -0.1) is 0 Å². The largest absolute Gasteiger partial charge is 0.465 e. The average molecular weight is 339 g/mol. The molecule has 2 aromatic rings. The molecule has 2 aromatic carbocycles. The molecule has 0 atom stereocenters. The van der Waals surface area contributed by atoms with Crippen LogP contribution in [0.15, 0.2) is 40.9 Å². The van der Waals surface area contributed by atoms with Gasteiger partial charge in [-0.05, 0) is 52.3 Å². The van der Waals surface area contributed by atoms with E-state index in [1.54, 1.807) is 30.3 Å². The summed E-state index contributed by atoms with van der Waals surface area (Å²) in [5.41, 5.74) is 7.89. The zero-order valence-electron chi connectivity index (χ0n) is 10.6. The molecule has 0 saturated heterocycles. The molecule has 0 fully saturated rings. The number of halogens is 2. The van der Waals surface area contributed by atoms with Gasteiger partial charge in [0, 0.05) is 5.69 Å². The average Bonchev–Trinajstić information content (AvgIpc) is 2.44. The van der Waals surface area contributed by atoms with E-state index in [0.29, 0.717) is 27.1 Å². The fourth-order valence-corrected chi connectivity index (χ4v) is 2.02. The Bertz CT molecular complexity index is 662. The van der Waals surface area contributed by atoms with Gasteiger partial charge in [-0.1, -0.05) is 0 Å². The second-order valence-electron chi connectivity index (χ2n) is 4.05. The summed E-state index contributed by atoms with van der Waals surface area (Å²) in [5.74, 6) is -0.805. The summed E-state index contributed by atoms with van der Waals surface area (Å²) in [6.07, 6.45) is 0. The summed E-state index contributed by atoms with van der Waals surface area (Å²) in [6, 6.07) is 9.25. The maximum atomic E-state index is 13.2. The smallest absolute Gasteiger partial charge is 0.337 e. The number of carbonyl (C=O) groups is 1. The Balaban J connectivity index is 2.32. The van der Waals surface area contributed by atoms with E-state index >= 15 is 0 Å². The SMILES string of the molecule is COC(=O)c1ccc(N)c(Nc2ccc(F)c(Br)c2)c1. The Morgan fingerprint density at radius 3 is 2.70 bits per heavy atom. The molecule has 104 valence electrons. The third-order valence-corrected chi connectivity index (χ3v) is 3.28. The van der Waals surface area contributed by atoms with E-state index in [0.717, 1.165) is 0 Å². The lowest BCUT2D eigenvalue weighted by atomic mass is 10.1. The number of benzene rings is 2. The number of hydrogen-bond donors (Lipinski definition) is 2. The van der Waals surface area contributed by atoms with E-state index in [1.165, 1.54) is 13.2 Å². The fraction of sp³-hybridized carbons (Fsp3) is 0.0714. The minimum absolute atomic E-state index is 0.338. The van der Waals surface area contributed by atoms with Crippen molar-refractivity contribution in [3.05, 3.63) is 52.3 Å². The zero-order valence-corrected chi connectivity index (χ0v) is 12.2. The minimum atomic E-state index is -0.451. The Morgan fingerprint density at radius 1 is 1.30 bits per heavy atom. The number of esters is 1. The second-order valence-corrected chi connectivity index (χ2v) is 4.90. The van der Waals surface area contributed by atoms with Crippen molar-refractivity contribution in [3.8, 4) is 0 Å². The molecule has 0 heterocycles. The summed E-state index contributed by atoms with van der Waals surface area (Å²) in [4.78, 5) is 11.5. The first-order chi connectivity index (χ1) is 9.51. The lowest BCUT2D eigenvalue weighted by Crippen LogP contribution is -2.04. The predicted molar refractivity (Wildman–Crippen MR) is 79.6 cm³/mol. The third kappa shape index (κ3) is 3.08. The summed E-state index contributed by atoms with van der Waals surface area (Å²) >= 11 is 3.11. The molecule has 0 aliphatic carbocycles. The van der Waals surface area contributed by atoms with Crippen molar-refractivity contribution in [2.24, 2.45) is 0 Å². The predicted octanol–water partition coefficient (Wildman–Crippen LogP) is 3.70. The molecule has 6 heteroatoms. The fourth-order valence-electron chi connectivity index (χ4n) is 1.64. The highest BCUT2D eigenvalue weighted by Crippen LogP contribution is 2.27. The zero-order chi connectivity index (χ0) is 14.7. The summed E-state index contributed by atoms with van der Waals surface area (Å²) in [6.45, 7) is 0. The maximum absolute atomic E-state index is 13.2. The van der Waals surface area contributed by atoms with Crippen molar-refractivity contribution in [2.75, 3.05) is 18.2 Å². The van der Waals surface area contributed by atoms with Crippen LogP contribution in [0, 0.1) is 5.82 Å². The molecule has 0 radical (unpaired) electrons. The minimum Gasteiger partial charge on any atom is -0.465 e. The van der Waals surface area contributed by atoms with Crippen LogP contribution < -0.4 is 11.1 Å². The normalized spacial score (nSPS) is 10.2.